The molecule has 0 amide bonds. The van der Waals surface area contributed by atoms with Crippen molar-refractivity contribution >= 4 is 23.4 Å². The van der Waals surface area contributed by atoms with Gasteiger partial charge in [0.05, 0.1) is 0 Å². The summed E-state index contributed by atoms with van der Waals surface area (Å²) in [6.07, 6.45) is 1.16. The highest BCUT2D eigenvalue weighted by molar-refractivity contribution is 7.99. The van der Waals surface area contributed by atoms with E-state index in [1.165, 1.54) is 21.8 Å². The summed E-state index contributed by atoms with van der Waals surface area (Å²) in [7, 11) is 0. The number of nitrogens with one attached hydrogen (secondary N) is 1. The van der Waals surface area contributed by atoms with Crippen LogP contribution in [-0.4, -0.2) is 12.3 Å². The van der Waals surface area contributed by atoms with Crippen molar-refractivity contribution in [1.29, 1.82) is 0 Å². The lowest BCUT2D eigenvalue weighted by Gasteiger charge is -2.26. The van der Waals surface area contributed by atoms with Gasteiger partial charge in [-0.05, 0) is 42.9 Å². The molecule has 0 spiro atoms. The number of fused-ring (bicyclic) bond motifs is 1. The molecule has 2 rings (SSSR count). The highest BCUT2D eigenvalue weighted by atomic mass is 35.5. The van der Waals surface area contributed by atoms with Gasteiger partial charge in [-0.2, -0.15) is 0 Å². The average molecular weight is 254 g/mol. The molecular weight excluding hydrogens is 238 g/mol. The fourth-order valence-electron chi connectivity index (χ4n) is 1.87. The molecule has 1 aromatic carbocycles. The van der Waals surface area contributed by atoms with Crippen molar-refractivity contribution in [3.8, 4) is 0 Å². The molecule has 0 saturated heterocycles. The van der Waals surface area contributed by atoms with Gasteiger partial charge in [0.15, 0.2) is 0 Å². The standard InChI is InChI=1S/C13H16ClNS/c1-9(2)8-15-12-5-6-16-13-4-3-10(14)7-11(12)13/h3-4,7,12,15H,1,5-6,8H2,2H3. The van der Waals surface area contributed by atoms with Crippen molar-refractivity contribution in [2.45, 2.75) is 24.3 Å². The summed E-state index contributed by atoms with van der Waals surface area (Å²) in [5.41, 5.74) is 2.51. The number of hydrogen-bond acceptors (Lipinski definition) is 2. The van der Waals surface area contributed by atoms with Crippen LogP contribution in [0.25, 0.3) is 0 Å². The van der Waals surface area contributed by atoms with E-state index in [1.807, 2.05) is 24.8 Å². The first-order chi connectivity index (χ1) is 7.66. The van der Waals surface area contributed by atoms with Crippen LogP contribution in [-0.2, 0) is 0 Å². The molecule has 0 radical (unpaired) electrons. The fourth-order valence-corrected chi connectivity index (χ4v) is 3.16. The topological polar surface area (TPSA) is 12.0 Å². The predicted molar refractivity (Wildman–Crippen MR) is 72.4 cm³/mol. The summed E-state index contributed by atoms with van der Waals surface area (Å²) in [6.45, 7) is 6.84. The van der Waals surface area contributed by atoms with Crippen LogP contribution in [0.1, 0.15) is 24.9 Å². The summed E-state index contributed by atoms with van der Waals surface area (Å²) >= 11 is 7.96. The number of benzene rings is 1. The molecule has 0 fully saturated rings. The number of hydrogen-bond donors (Lipinski definition) is 1. The molecule has 0 aromatic heterocycles. The van der Waals surface area contributed by atoms with Crippen LogP contribution >= 0.6 is 23.4 Å². The Morgan fingerprint density at radius 1 is 1.62 bits per heavy atom. The van der Waals surface area contributed by atoms with Crippen LogP contribution in [0, 0.1) is 0 Å². The van der Waals surface area contributed by atoms with E-state index in [0.29, 0.717) is 6.04 Å². The van der Waals surface area contributed by atoms with Crippen LogP contribution in [0.4, 0.5) is 0 Å². The van der Waals surface area contributed by atoms with E-state index in [1.54, 1.807) is 0 Å². The van der Waals surface area contributed by atoms with E-state index >= 15 is 0 Å². The first-order valence-electron chi connectivity index (χ1n) is 5.47. The van der Waals surface area contributed by atoms with Gasteiger partial charge in [-0.15, -0.1) is 11.8 Å². The summed E-state index contributed by atoms with van der Waals surface area (Å²) < 4.78 is 0. The summed E-state index contributed by atoms with van der Waals surface area (Å²) in [5.74, 6) is 1.17. The van der Waals surface area contributed by atoms with Gasteiger partial charge in [0.2, 0.25) is 0 Å². The molecule has 1 N–H and O–H groups in total. The maximum Gasteiger partial charge on any atom is 0.0410 e. The molecular formula is C13H16ClNS. The van der Waals surface area contributed by atoms with Gasteiger partial charge < -0.3 is 5.32 Å². The quantitative estimate of drug-likeness (QED) is 0.816. The number of rotatable bonds is 3. The molecule has 86 valence electrons. The maximum absolute atomic E-state index is 6.05. The van der Waals surface area contributed by atoms with E-state index in [-0.39, 0.29) is 0 Å². The molecule has 1 nitrogen and oxygen atoms in total. The second kappa shape index (κ2) is 5.26. The third-order valence-electron chi connectivity index (χ3n) is 2.66. The molecule has 0 saturated carbocycles. The Hall–Kier alpha value is -0.440. The van der Waals surface area contributed by atoms with Gasteiger partial charge in [0, 0.05) is 22.5 Å². The zero-order valence-corrected chi connectivity index (χ0v) is 11.0. The highest BCUT2D eigenvalue weighted by Gasteiger charge is 2.20. The second-order valence-electron chi connectivity index (χ2n) is 4.21. The molecule has 1 unspecified atom stereocenters. The lowest BCUT2D eigenvalue weighted by molar-refractivity contribution is 0.534. The number of halogens is 1. The van der Waals surface area contributed by atoms with Gasteiger partial charge in [-0.3, -0.25) is 0 Å². The third-order valence-corrected chi connectivity index (χ3v) is 4.02. The minimum atomic E-state index is 0.423. The first kappa shape index (κ1) is 12.0. The van der Waals surface area contributed by atoms with Gasteiger partial charge in [0.1, 0.15) is 0 Å². The van der Waals surface area contributed by atoms with Crippen LogP contribution in [0.15, 0.2) is 35.2 Å². The van der Waals surface area contributed by atoms with Gasteiger partial charge in [-0.1, -0.05) is 23.8 Å². The van der Waals surface area contributed by atoms with E-state index in [0.717, 1.165) is 18.0 Å². The Morgan fingerprint density at radius 2 is 2.44 bits per heavy atom. The van der Waals surface area contributed by atoms with Crippen molar-refractivity contribution in [3.05, 3.63) is 40.9 Å². The molecule has 1 aliphatic heterocycles. The van der Waals surface area contributed by atoms with Crippen LogP contribution < -0.4 is 5.32 Å². The van der Waals surface area contributed by atoms with Crippen molar-refractivity contribution in [2.75, 3.05) is 12.3 Å². The number of thioether (sulfide) groups is 1. The molecule has 1 aromatic rings. The summed E-state index contributed by atoms with van der Waals surface area (Å²) in [4.78, 5) is 1.36. The van der Waals surface area contributed by atoms with Crippen LogP contribution in [0.3, 0.4) is 0 Å². The average Bonchev–Trinajstić information content (AvgIpc) is 2.26. The van der Waals surface area contributed by atoms with Gasteiger partial charge in [0.25, 0.3) is 0 Å². The van der Waals surface area contributed by atoms with E-state index in [4.69, 9.17) is 11.6 Å². The molecule has 1 heterocycles. The zero-order valence-electron chi connectivity index (χ0n) is 9.42. The Kier molecular flexibility index (Phi) is 3.95. The van der Waals surface area contributed by atoms with Gasteiger partial charge in [-0.25, -0.2) is 0 Å². The van der Waals surface area contributed by atoms with Crippen LogP contribution in [0.2, 0.25) is 5.02 Å². The van der Waals surface area contributed by atoms with E-state index < -0.39 is 0 Å². The predicted octanol–water partition coefficient (Wildman–Crippen LogP) is 4.04. The monoisotopic (exact) mass is 253 g/mol. The normalized spacial score (nSPS) is 19.2. The maximum atomic E-state index is 6.05. The van der Waals surface area contributed by atoms with Crippen molar-refractivity contribution in [1.82, 2.24) is 5.32 Å². The van der Waals surface area contributed by atoms with Crippen molar-refractivity contribution < 1.29 is 0 Å². The SMILES string of the molecule is C=C(C)CNC1CCSc2ccc(Cl)cc21. The van der Waals surface area contributed by atoms with Gasteiger partial charge >= 0.3 is 0 Å². The molecule has 0 aliphatic carbocycles. The van der Waals surface area contributed by atoms with Crippen molar-refractivity contribution in [3.63, 3.8) is 0 Å². The zero-order chi connectivity index (χ0) is 11.5. The second-order valence-corrected chi connectivity index (χ2v) is 5.78. The van der Waals surface area contributed by atoms with E-state index in [9.17, 15) is 0 Å². The molecule has 1 aliphatic rings. The lowest BCUT2D eigenvalue weighted by Crippen LogP contribution is -2.25. The molecule has 0 bridgehead atoms. The Balaban J connectivity index is 2.18. The summed E-state index contributed by atoms with van der Waals surface area (Å²) in [6, 6.07) is 6.59. The third kappa shape index (κ3) is 2.82. The molecule has 1 atom stereocenters. The minimum Gasteiger partial charge on any atom is -0.306 e. The summed E-state index contributed by atoms with van der Waals surface area (Å²) in [5, 5.41) is 4.36. The first-order valence-corrected chi connectivity index (χ1v) is 6.83. The molecule has 16 heavy (non-hydrogen) atoms. The Morgan fingerprint density at radius 3 is 3.19 bits per heavy atom. The fraction of sp³-hybridized carbons (Fsp3) is 0.385. The van der Waals surface area contributed by atoms with E-state index in [2.05, 4.69) is 24.0 Å². The highest BCUT2D eigenvalue weighted by Crippen LogP contribution is 2.37. The smallest absolute Gasteiger partial charge is 0.0410 e. The minimum absolute atomic E-state index is 0.423. The Labute approximate surface area is 106 Å². The Bertz CT molecular complexity index is 403. The molecule has 3 heteroatoms. The van der Waals surface area contributed by atoms with Crippen LogP contribution in [0.5, 0.6) is 0 Å². The van der Waals surface area contributed by atoms with Crippen molar-refractivity contribution in [2.24, 2.45) is 0 Å². The lowest BCUT2D eigenvalue weighted by atomic mass is 10.0. The largest absolute Gasteiger partial charge is 0.306 e.